The highest BCUT2D eigenvalue weighted by molar-refractivity contribution is 5.78. The molecule has 0 saturated heterocycles. The van der Waals surface area contributed by atoms with Crippen molar-refractivity contribution in [2.24, 2.45) is 0 Å². The van der Waals surface area contributed by atoms with E-state index in [4.69, 9.17) is 4.74 Å². The Labute approximate surface area is 127 Å². The summed E-state index contributed by atoms with van der Waals surface area (Å²) in [6, 6.07) is 7.97. The van der Waals surface area contributed by atoms with Crippen LogP contribution in [0.1, 0.15) is 46.6 Å². The van der Waals surface area contributed by atoms with E-state index in [1.807, 2.05) is 25.1 Å². The highest BCUT2D eigenvalue weighted by Crippen LogP contribution is 2.27. The maximum Gasteiger partial charge on any atom is 0.323 e. The third-order valence-electron chi connectivity index (χ3n) is 3.76. The molecule has 0 saturated carbocycles. The van der Waals surface area contributed by atoms with Gasteiger partial charge in [0.15, 0.2) is 0 Å². The number of hydrogen-bond acceptors (Lipinski definition) is 3. The topological polar surface area (TPSA) is 58.6 Å². The maximum atomic E-state index is 11.3. The molecule has 21 heavy (non-hydrogen) atoms. The van der Waals surface area contributed by atoms with E-state index in [1.165, 1.54) is 5.56 Å². The Kier molecular flexibility index (Phi) is 5.40. The SMILES string of the molecule is CNC(C)(CC(C)Oc1cccc(C(C)(C)C)c1)C(=O)O. The van der Waals surface area contributed by atoms with E-state index in [2.05, 4.69) is 32.2 Å². The summed E-state index contributed by atoms with van der Waals surface area (Å²) in [5.41, 5.74) is 0.270. The van der Waals surface area contributed by atoms with Crippen LogP contribution < -0.4 is 10.1 Å². The molecule has 0 aromatic heterocycles. The Morgan fingerprint density at radius 1 is 1.33 bits per heavy atom. The molecule has 0 aliphatic rings. The molecule has 0 spiro atoms. The molecular formula is C17H27NO3. The summed E-state index contributed by atoms with van der Waals surface area (Å²) in [6.07, 6.45) is 0.187. The van der Waals surface area contributed by atoms with Gasteiger partial charge in [0.25, 0.3) is 0 Å². The van der Waals surface area contributed by atoms with Crippen molar-refractivity contribution in [1.29, 1.82) is 0 Å². The van der Waals surface area contributed by atoms with Crippen LogP contribution in [0.2, 0.25) is 0 Å². The molecule has 118 valence electrons. The first-order valence-electron chi connectivity index (χ1n) is 7.28. The van der Waals surface area contributed by atoms with Gasteiger partial charge in [-0.15, -0.1) is 0 Å². The predicted molar refractivity (Wildman–Crippen MR) is 84.9 cm³/mol. The highest BCUT2D eigenvalue weighted by atomic mass is 16.5. The van der Waals surface area contributed by atoms with Crippen LogP contribution in [0, 0.1) is 0 Å². The van der Waals surface area contributed by atoms with E-state index in [-0.39, 0.29) is 11.5 Å². The van der Waals surface area contributed by atoms with Gasteiger partial charge in [0, 0.05) is 6.42 Å². The Morgan fingerprint density at radius 2 is 1.95 bits per heavy atom. The van der Waals surface area contributed by atoms with Gasteiger partial charge in [-0.05, 0) is 44.0 Å². The fourth-order valence-electron chi connectivity index (χ4n) is 2.18. The van der Waals surface area contributed by atoms with Crippen molar-refractivity contribution in [1.82, 2.24) is 5.32 Å². The lowest BCUT2D eigenvalue weighted by Crippen LogP contribution is -2.50. The quantitative estimate of drug-likeness (QED) is 0.845. The standard InChI is InChI=1S/C17H27NO3/c1-12(11-17(5,18-6)15(19)20)21-14-9-7-8-13(10-14)16(2,3)4/h7-10,12,18H,11H2,1-6H3,(H,19,20). The normalized spacial score (nSPS) is 16.1. The first-order valence-corrected chi connectivity index (χ1v) is 7.28. The van der Waals surface area contributed by atoms with Crippen molar-refractivity contribution in [2.45, 2.75) is 58.1 Å². The number of benzene rings is 1. The van der Waals surface area contributed by atoms with Crippen molar-refractivity contribution < 1.29 is 14.6 Å². The Hall–Kier alpha value is -1.55. The molecule has 2 unspecified atom stereocenters. The molecule has 2 N–H and O–H groups in total. The minimum atomic E-state index is -0.985. The van der Waals surface area contributed by atoms with Crippen LogP contribution in [0.4, 0.5) is 0 Å². The van der Waals surface area contributed by atoms with Gasteiger partial charge in [-0.1, -0.05) is 32.9 Å². The van der Waals surface area contributed by atoms with E-state index < -0.39 is 11.5 Å². The second-order valence-electron chi connectivity index (χ2n) is 6.80. The molecule has 1 rings (SSSR count). The van der Waals surface area contributed by atoms with Gasteiger partial charge in [-0.25, -0.2) is 0 Å². The summed E-state index contributed by atoms with van der Waals surface area (Å²) in [5.74, 6) is -0.0948. The molecule has 0 aliphatic heterocycles. The predicted octanol–water partition coefficient (Wildman–Crippen LogP) is 3.20. The molecule has 4 nitrogen and oxygen atoms in total. The number of rotatable bonds is 6. The van der Waals surface area contributed by atoms with Gasteiger partial charge < -0.3 is 15.2 Å². The molecule has 4 heteroatoms. The zero-order valence-corrected chi connectivity index (χ0v) is 13.9. The van der Waals surface area contributed by atoms with Gasteiger partial charge in [-0.3, -0.25) is 4.79 Å². The summed E-state index contributed by atoms with van der Waals surface area (Å²) in [6.45, 7) is 10.0. The summed E-state index contributed by atoms with van der Waals surface area (Å²) in [5, 5.41) is 12.1. The molecule has 0 bridgehead atoms. The molecule has 2 atom stereocenters. The second kappa shape index (κ2) is 6.48. The van der Waals surface area contributed by atoms with Crippen LogP contribution in [0.25, 0.3) is 0 Å². The number of carboxylic acids is 1. The fraction of sp³-hybridized carbons (Fsp3) is 0.588. The number of hydrogen-bond donors (Lipinski definition) is 2. The summed E-state index contributed by atoms with van der Waals surface area (Å²) in [4.78, 5) is 11.3. The summed E-state index contributed by atoms with van der Waals surface area (Å²) < 4.78 is 5.89. The van der Waals surface area contributed by atoms with Crippen molar-refractivity contribution in [3.8, 4) is 5.75 Å². The second-order valence-corrected chi connectivity index (χ2v) is 6.80. The number of nitrogens with one attached hydrogen (secondary N) is 1. The van der Waals surface area contributed by atoms with Crippen molar-refractivity contribution in [2.75, 3.05) is 7.05 Å². The van der Waals surface area contributed by atoms with Gasteiger partial charge in [0.05, 0.1) is 6.10 Å². The molecule has 0 radical (unpaired) electrons. The molecule has 1 aromatic rings. The Balaban J connectivity index is 2.80. The lowest BCUT2D eigenvalue weighted by molar-refractivity contribution is -0.145. The van der Waals surface area contributed by atoms with Crippen molar-refractivity contribution >= 4 is 5.97 Å². The highest BCUT2D eigenvalue weighted by Gasteiger charge is 2.33. The zero-order chi connectivity index (χ0) is 16.3. The van der Waals surface area contributed by atoms with Crippen LogP contribution in [-0.2, 0) is 10.2 Å². The van der Waals surface area contributed by atoms with Crippen LogP contribution in [-0.4, -0.2) is 29.8 Å². The van der Waals surface area contributed by atoms with Crippen molar-refractivity contribution in [3.63, 3.8) is 0 Å². The molecule has 1 aromatic carbocycles. The van der Waals surface area contributed by atoms with Crippen LogP contribution in [0.3, 0.4) is 0 Å². The average molecular weight is 293 g/mol. The molecule has 0 amide bonds. The lowest BCUT2D eigenvalue weighted by atomic mass is 9.87. The number of carbonyl (C=O) groups is 1. The molecule has 0 aliphatic carbocycles. The smallest absolute Gasteiger partial charge is 0.323 e. The molecule has 0 fully saturated rings. The van der Waals surface area contributed by atoms with Gasteiger partial charge in [0.2, 0.25) is 0 Å². The van der Waals surface area contributed by atoms with Crippen LogP contribution >= 0.6 is 0 Å². The number of ether oxygens (including phenoxy) is 1. The van der Waals surface area contributed by atoms with E-state index in [0.29, 0.717) is 6.42 Å². The summed E-state index contributed by atoms with van der Waals surface area (Å²) >= 11 is 0. The first kappa shape index (κ1) is 17.5. The van der Waals surface area contributed by atoms with Gasteiger partial charge in [0.1, 0.15) is 11.3 Å². The minimum absolute atomic E-state index is 0.0587. The van der Waals surface area contributed by atoms with Gasteiger partial charge in [-0.2, -0.15) is 0 Å². The van der Waals surface area contributed by atoms with E-state index in [9.17, 15) is 9.90 Å². The number of carboxylic acid groups (broad SMARTS) is 1. The van der Waals surface area contributed by atoms with Gasteiger partial charge >= 0.3 is 5.97 Å². The Bertz CT molecular complexity index is 493. The molecule has 0 heterocycles. The average Bonchev–Trinajstić information content (AvgIpc) is 2.37. The largest absolute Gasteiger partial charge is 0.491 e. The van der Waals surface area contributed by atoms with Crippen molar-refractivity contribution in [3.05, 3.63) is 29.8 Å². The Morgan fingerprint density at radius 3 is 2.43 bits per heavy atom. The zero-order valence-electron chi connectivity index (χ0n) is 13.9. The van der Waals surface area contributed by atoms with Crippen LogP contribution in [0.15, 0.2) is 24.3 Å². The first-order chi connectivity index (χ1) is 9.58. The van der Waals surface area contributed by atoms with E-state index in [0.717, 1.165) is 5.75 Å². The summed E-state index contributed by atoms with van der Waals surface area (Å²) in [7, 11) is 1.65. The fourth-order valence-corrected chi connectivity index (χ4v) is 2.18. The molecular weight excluding hydrogens is 266 g/mol. The lowest BCUT2D eigenvalue weighted by Gasteiger charge is -2.28. The monoisotopic (exact) mass is 293 g/mol. The minimum Gasteiger partial charge on any atom is -0.491 e. The van der Waals surface area contributed by atoms with Crippen LogP contribution in [0.5, 0.6) is 5.75 Å². The number of likely N-dealkylation sites (N-methyl/N-ethyl adjacent to an activating group) is 1. The number of aliphatic carboxylic acids is 1. The maximum absolute atomic E-state index is 11.3. The van der Waals surface area contributed by atoms with E-state index in [1.54, 1.807) is 14.0 Å². The van der Waals surface area contributed by atoms with E-state index >= 15 is 0 Å². The third-order valence-corrected chi connectivity index (χ3v) is 3.76. The third kappa shape index (κ3) is 4.74.